The van der Waals surface area contributed by atoms with Gasteiger partial charge < -0.3 is 5.11 Å². The molecule has 0 saturated heterocycles. The van der Waals surface area contributed by atoms with Crippen molar-refractivity contribution in [1.82, 2.24) is 0 Å². The van der Waals surface area contributed by atoms with Gasteiger partial charge in [-0.05, 0) is 29.3 Å². The van der Waals surface area contributed by atoms with Crippen LogP contribution in [0.3, 0.4) is 0 Å². The lowest BCUT2D eigenvalue weighted by molar-refractivity contribution is -0.776. The maximum absolute atomic E-state index is 10.8. The number of hydrogen-bond donors (Lipinski definition) is 1. The summed E-state index contributed by atoms with van der Waals surface area (Å²) in [5, 5.41) is 10.8. The molecule has 1 N–H and O–H groups in total. The highest BCUT2D eigenvalue weighted by Gasteiger charge is 2.45. The van der Waals surface area contributed by atoms with Crippen molar-refractivity contribution in [2.75, 3.05) is 0 Å². The largest absolute Gasteiger partial charge is 0.331 e. The molecule has 2 heteroatoms. The van der Waals surface area contributed by atoms with Crippen molar-refractivity contribution < 1.29 is 9.67 Å². The molecule has 3 aromatic rings. The molecular weight excluding hydrogens is 258 g/mol. The summed E-state index contributed by atoms with van der Waals surface area (Å²) in [5.41, 5.74) is 4.48. The van der Waals surface area contributed by atoms with Crippen molar-refractivity contribution in [3.05, 3.63) is 78.5 Å². The monoisotopic (exact) mass is 274 g/mol. The molecule has 102 valence electrons. The third-order valence-corrected chi connectivity index (χ3v) is 4.24. The second-order valence-electron chi connectivity index (χ2n) is 5.60. The van der Waals surface area contributed by atoms with Gasteiger partial charge in [0.15, 0.2) is 6.20 Å². The summed E-state index contributed by atoms with van der Waals surface area (Å²) in [7, 11) is 0. The SMILES string of the molecule is CC1(O)c2ccc(-c3ccccc3)cc2-c2cccc[n+]21. The molecule has 1 aliphatic rings. The minimum absolute atomic E-state index is 0.952. The van der Waals surface area contributed by atoms with Crippen LogP contribution in [0, 0.1) is 0 Å². The Morgan fingerprint density at radius 3 is 2.43 bits per heavy atom. The van der Waals surface area contributed by atoms with E-state index in [1.54, 1.807) is 0 Å². The lowest BCUT2D eigenvalue weighted by Crippen LogP contribution is -2.52. The van der Waals surface area contributed by atoms with E-state index in [2.05, 4.69) is 30.3 Å². The molecule has 0 bridgehead atoms. The summed E-state index contributed by atoms with van der Waals surface area (Å²) in [6, 6.07) is 22.6. The third kappa shape index (κ3) is 1.73. The average Bonchev–Trinajstić information content (AvgIpc) is 2.77. The Balaban J connectivity index is 1.96. The van der Waals surface area contributed by atoms with Crippen molar-refractivity contribution in [3.8, 4) is 22.4 Å². The van der Waals surface area contributed by atoms with Crippen LogP contribution in [0.4, 0.5) is 0 Å². The van der Waals surface area contributed by atoms with Gasteiger partial charge in [0, 0.05) is 19.1 Å². The fourth-order valence-corrected chi connectivity index (χ4v) is 3.15. The number of pyridine rings is 1. The van der Waals surface area contributed by atoms with E-state index in [0.717, 1.165) is 16.8 Å². The Bertz CT molecular complexity index is 822. The van der Waals surface area contributed by atoms with Gasteiger partial charge in [0.2, 0.25) is 5.69 Å². The summed E-state index contributed by atoms with van der Waals surface area (Å²) in [6.45, 7) is 1.84. The van der Waals surface area contributed by atoms with Gasteiger partial charge in [0.25, 0.3) is 5.72 Å². The van der Waals surface area contributed by atoms with Crippen molar-refractivity contribution >= 4 is 0 Å². The minimum Gasteiger partial charge on any atom is -0.331 e. The zero-order valence-electron chi connectivity index (χ0n) is 11.8. The molecule has 2 aromatic carbocycles. The maximum Gasteiger partial charge on any atom is 0.295 e. The number of rotatable bonds is 1. The molecule has 2 nitrogen and oxygen atoms in total. The lowest BCUT2D eigenvalue weighted by atomic mass is 9.96. The van der Waals surface area contributed by atoms with E-state index in [1.165, 1.54) is 11.1 Å². The van der Waals surface area contributed by atoms with Crippen LogP contribution in [0.25, 0.3) is 22.4 Å². The van der Waals surface area contributed by atoms with Crippen LogP contribution in [-0.4, -0.2) is 5.11 Å². The average molecular weight is 274 g/mol. The standard InChI is InChI=1S/C19H16NO/c1-19(21)17-11-10-15(14-7-3-2-4-8-14)13-16(17)18-9-5-6-12-20(18)19/h2-13,21H,1H3/q+1. The van der Waals surface area contributed by atoms with E-state index in [9.17, 15) is 5.11 Å². The lowest BCUT2D eigenvalue weighted by Gasteiger charge is -2.13. The zero-order valence-corrected chi connectivity index (χ0v) is 11.8. The number of benzene rings is 2. The molecule has 2 heterocycles. The first-order valence-electron chi connectivity index (χ1n) is 7.12. The van der Waals surface area contributed by atoms with Crippen LogP contribution in [0.1, 0.15) is 12.5 Å². The van der Waals surface area contributed by atoms with Crippen LogP contribution in [-0.2, 0) is 5.72 Å². The Morgan fingerprint density at radius 2 is 1.62 bits per heavy atom. The summed E-state index contributed by atoms with van der Waals surface area (Å²) in [4.78, 5) is 0. The van der Waals surface area contributed by atoms with Gasteiger partial charge in [-0.1, -0.05) is 36.4 Å². The molecule has 1 unspecified atom stereocenters. The fourth-order valence-electron chi connectivity index (χ4n) is 3.15. The summed E-state index contributed by atoms with van der Waals surface area (Å²) >= 11 is 0. The number of fused-ring (bicyclic) bond motifs is 3. The smallest absolute Gasteiger partial charge is 0.295 e. The normalized spacial score (nSPS) is 19.1. The van der Waals surface area contributed by atoms with Crippen molar-refractivity contribution in [2.45, 2.75) is 12.6 Å². The second kappa shape index (κ2) is 4.27. The van der Waals surface area contributed by atoms with Crippen molar-refractivity contribution in [1.29, 1.82) is 0 Å². The van der Waals surface area contributed by atoms with E-state index in [0.29, 0.717) is 0 Å². The molecular formula is C19H16NO+. The Labute approximate surface area is 123 Å². The molecule has 0 radical (unpaired) electrons. The molecule has 1 atom stereocenters. The predicted molar refractivity (Wildman–Crippen MR) is 82.5 cm³/mol. The number of nitrogens with zero attached hydrogens (tertiary/aromatic N) is 1. The van der Waals surface area contributed by atoms with Crippen LogP contribution in [0.15, 0.2) is 72.9 Å². The van der Waals surface area contributed by atoms with E-state index in [-0.39, 0.29) is 0 Å². The van der Waals surface area contributed by atoms with Crippen LogP contribution < -0.4 is 4.57 Å². The van der Waals surface area contributed by atoms with E-state index in [1.807, 2.05) is 54.1 Å². The maximum atomic E-state index is 10.8. The van der Waals surface area contributed by atoms with Gasteiger partial charge in [-0.25, -0.2) is 0 Å². The summed E-state index contributed by atoms with van der Waals surface area (Å²) in [5.74, 6) is 0. The summed E-state index contributed by atoms with van der Waals surface area (Å²) < 4.78 is 1.92. The highest BCUT2D eigenvalue weighted by Crippen LogP contribution is 2.38. The number of aromatic nitrogens is 1. The highest BCUT2D eigenvalue weighted by atomic mass is 16.3. The second-order valence-corrected chi connectivity index (χ2v) is 5.60. The molecule has 21 heavy (non-hydrogen) atoms. The molecule has 1 aliphatic heterocycles. The molecule has 4 rings (SSSR count). The molecule has 0 amide bonds. The molecule has 0 spiro atoms. The van der Waals surface area contributed by atoms with Gasteiger partial charge in [-0.3, -0.25) is 0 Å². The van der Waals surface area contributed by atoms with Crippen LogP contribution in [0.2, 0.25) is 0 Å². The molecule has 0 aliphatic carbocycles. The highest BCUT2D eigenvalue weighted by molar-refractivity contribution is 5.74. The molecule has 0 fully saturated rings. The van der Waals surface area contributed by atoms with Crippen molar-refractivity contribution in [3.63, 3.8) is 0 Å². The predicted octanol–water partition coefficient (Wildman–Crippen LogP) is 3.33. The van der Waals surface area contributed by atoms with E-state index in [4.69, 9.17) is 0 Å². The van der Waals surface area contributed by atoms with Gasteiger partial charge in [-0.15, -0.1) is 0 Å². The van der Waals surface area contributed by atoms with Gasteiger partial charge in [0.05, 0.1) is 11.1 Å². The van der Waals surface area contributed by atoms with Gasteiger partial charge in [0.1, 0.15) is 0 Å². The van der Waals surface area contributed by atoms with E-state index < -0.39 is 5.72 Å². The van der Waals surface area contributed by atoms with Crippen molar-refractivity contribution in [2.24, 2.45) is 0 Å². The Hall–Kier alpha value is -2.45. The topological polar surface area (TPSA) is 24.1 Å². The number of hydrogen-bond acceptors (Lipinski definition) is 1. The first-order chi connectivity index (χ1) is 10.2. The minimum atomic E-state index is -0.985. The molecule has 0 saturated carbocycles. The third-order valence-electron chi connectivity index (χ3n) is 4.24. The summed E-state index contributed by atoms with van der Waals surface area (Å²) in [6.07, 6.45) is 1.93. The van der Waals surface area contributed by atoms with Crippen LogP contribution in [0.5, 0.6) is 0 Å². The van der Waals surface area contributed by atoms with Crippen LogP contribution >= 0.6 is 0 Å². The zero-order chi connectivity index (χ0) is 14.4. The Kier molecular flexibility index (Phi) is 2.50. The van der Waals surface area contributed by atoms with E-state index >= 15 is 0 Å². The first-order valence-corrected chi connectivity index (χ1v) is 7.12. The fraction of sp³-hybridized carbons (Fsp3) is 0.105. The quantitative estimate of drug-likeness (QED) is 0.676. The first kappa shape index (κ1) is 12.3. The van der Waals surface area contributed by atoms with Gasteiger partial charge in [-0.2, -0.15) is 4.57 Å². The number of aliphatic hydroxyl groups is 1. The Morgan fingerprint density at radius 1 is 0.857 bits per heavy atom. The molecule has 1 aromatic heterocycles. The van der Waals surface area contributed by atoms with Gasteiger partial charge >= 0.3 is 0 Å².